The van der Waals surface area contributed by atoms with Gasteiger partial charge in [0.05, 0.1) is 0 Å². The van der Waals surface area contributed by atoms with Crippen LogP contribution in [0.2, 0.25) is 0 Å². The first-order chi connectivity index (χ1) is 9.28. The fourth-order valence-electron chi connectivity index (χ4n) is 1.57. The van der Waals surface area contributed by atoms with Gasteiger partial charge in [-0.25, -0.2) is 4.79 Å². The van der Waals surface area contributed by atoms with Crippen LogP contribution in [0.15, 0.2) is 15.9 Å². The van der Waals surface area contributed by atoms with Gasteiger partial charge in [-0.2, -0.15) is 0 Å². The van der Waals surface area contributed by atoms with Crippen LogP contribution in [0, 0.1) is 0 Å². The molecule has 2 N–H and O–H groups in total. The van der Waals surface area contributed by atoms with Crippen LogP contribution in [0.1, 0.15) is 45.0 Å². The molecule has 0 saturated carbocycles. The zero-order chi connectivity index (χ0) is 15.2. The zero-order valence-electron chi connectivity index (χ0n) is 12.5. The van der Waals surface area contributed by atoms with Gasteiger partial charge in [0.15, 0.2) is 0 Å². The fourth-order valence-corrected chi connectivity index (χ4v) is 3.05. The van der Waals surface area contributed by atoms with Gasteiger partial charge in [0.1, 0.15) is 5.60 Å². The molecule has 1 rings (SSSR count). The van der Waals surface area contributed by atoms with Gasteiger partial charge >= 0.3 is 6.09 Å². The van der Waals surface area contributed by atoms with E-state index in [1.165, 1.54) is 4.88 Å². The number of halogens is 1. The molecule has 0 saturated heterocycles. The van der Waals surface area contributed by atoms with Crippen molar-refractivity contribution < 1.29 is 9.53 Å². The number of rotatable bonds is 6. The van der Waals surface area contributed by atoms with E-state index in [2.05, 4.69) is 44.9 Å². The van der Waals surface area contributed by atoms with E-state index in [0.717, 1.165) is 17.4 Å². The van der Waals surface area contributed by atoms with Crippen molar-refractivity contribution in [2.75, 3.05) is 13.1 Å². The highest BCUT2D eigenvalue weighted by Gasteiger charge is 2.15. The van der Waals surface area contributed by atoms with Crippen LogP contribution in [-0.2, 0) is 4.74 Å². The molecule has 1 atom stereocenters. The lowest BCUT2D eigenvalue weighted by Gasteiger charge is -2.19. The van der Waals surface area contributed by atoms with Gasteiger partial charge in [-0.3, -0.25) is 0 Å². The Morgan fingerprint density at radius 2 is 2.15 bits per heavy atom. The summed E-state index contributed by atoms with van der Waals surface area (Å²) in [4.78, 5) is 12.7. The van der Waals surface area contributed by atoms with E-state index < -0.39 is 5.60 Å². The fraction of sp³-hybridized carbons (Fsp3) is 0.643. The molecule has 0 aliphatic carbocycles. The minimum Gasteiger partial charge on any atom is -0.444 e. The third-order valence-electron chi connectivity index (χ3n) is 2.49. The van der Waals surface area contributed by atoms with Crippen LogP contribution in [-0.4, -0.2) is 24.8 Å². The molecule has 6 heteroatoms. The summed E-state index contributed by atoms with van der Waals surface area (Å²) in [5.41, 5.74) is -0.441. The Labute approximate surface area is 133 Å². The van der Waals surface area contributed by atoms with Crippen LogP contribution in [0.3, 0.4) is 0 Å². The lowest BCUT2D eigenvalue weighted by atomic mass is 10.2. The summed E-state index contributed by atoms with van der Waals surface area (Å²) < 4.78 is 6.29. The molecule has 1 aromatic rings. The Hall–Kier alpha value is -0.590. The topological polar surface area (TPSA) is 50.4 Å². The third-order valence-corrected chi connectivity index (χ3v) is 4.36. The maximum Gasteiger partial charge on any atom is 0.407 e. The van der Waals surface area contributed by atoms with Crippen molar-refractivity contribution in [3.8, 4) is 0 Å². The van der Waals surface area contributed by atoms with E-state index in [-0.39, 0.29) is 6.09 Å². The highest BCUT2D eigenvalue weighted by molar-refractivity contribution is 9.10. The molecule has 1 amide bonds. The average Bonchev–Trinajstić information content (AvgIpc) is 2.73. The number of hydrogen-bond acceptors (Lipinski definition) is 4. The Morgan fingerprint density at radius 3 is 2.70 bits per heavy atom. The molecule has 0 aromatic carbocycles. The minimum absolute atomic E-state index is 0.327. The molecular formula is C14H23BrN2O2S. The van der Waals surface area contributed by atoms with Crippen LogP contribution in [0.25, 0.3) is 0 Å². The number of thiophene rings is 1. The van der Waals surface area contributed by atoms with Crippen molar-refractivity contribution in [2.45, 2.75) is 45.8 Å². The molecule has 1 heterocycles. The van der Waals surface area contributed by atoms with E-state index in [1.54, 1.807) is 11.3 Å². The largest absolute Gasteiger partial charge is 0.444 e. The number of amides is 1. The highest BCUT2D eigenvalue weighted by atomic mass is 79.9. The van der Waals surface area contributed by atoms with Crippen molar-refractivity contribution in [1.82, 2.24) is 10.6 Å². The van der Waals surface area contributed by atoms with E-state index in [0.29, 0.717) is 12.6 Å². The number of carbonyl (C=O) groups excluding carboxylic acids is 1. The first kappa shape index (κ1) is 17.5. The summed E-state index contributed by atoms with van der Waals surface area (Å²) in [6, 6.07) is 2.45. The molecule has 0 spiro atoms. The molecule has 0 aliphatic heterocycles. The van der Waals surface area contributed by atoms with E-state index in [9.17, 15) is 4.79 Å². The average molecular weight is 363 g/mol. The van der Waals surface area contributed by atoms with Gasteiger partial charge in [-0.15, -0.1) is 11.3 Å². The number of alkyl carbamates (subject to hydrolysis) is 1. The predicted octanol–water partition coefficient (Wildman–Crippen LogP) is 4.08. The molecular weight excluding hydrogens is 340 g/mol. The van der Waals surface area contributed by atoms with Gasteiger partial charge in [0, 0.05) is 27.3 Å². The smallest absolute Gasteiger partial charge is 0.407 e. The van der Waals surface area contributed by atoms with Crippen molar-refractivity contribution in [2.24, 2.45) is 0 Å². The van der Waals surface area contributed by atoms with Crippen LogP contribution >= 0.6 is 27.3 Å². The first-order valence-electron chi connectivity index (χ1n) is 6.72. The van der Waals surface area contributed by atoms with Gasteiger partial charge in [0.25, 0.3) is 0 Å². The molecule has 114 valence electrons. The monoisotopic (exact) mass is 362 g/mol. The van der Waals surface area contributed by atoms with E-state index >= 15 is 0 Å². The maximum atomic E-state index is 11.4. The van der Waals surface area contributed by atoms with Gasteiger partial charge in [-0.05, 0) is 62.7 Å². The second-order valence-corrected chi connectivity index (χ2v) is 7.48. The SMILES string of the molecule is CC(NCCCNC(=O)OC(C)(C)C)c1cc(Br)cs1. The van der Waals surface area contributed by atoms with Crippen LogP contribution in [0.5, 0.6) is 0 Å². The van der Waals surface area contributed by atoms with E-state index in [1.807, 2.05) is 20.8 Å². The quantitative estimate of drug-likeness (QED) is 0.749. The molecule has 4 nitrogen and oxygen atoms in total. The van der Waals surface area contributed by atoms with Crippen molar-refractivity contribution in [3.05, 3.63) is 20.8 Å². The highest BCUT2D eigenvalue weighted by Crippen LogP contribution is 2.25. The van der Waals surface area contributed by atoms with E-state index in [4.69, 9.17) is 4.74 Å². The molecule has 0 bridgehead atoms. The second-order valence-electron chi connectivity index (χ2n) is 5.63. The van der Waals surface area contributed by atoms with Gasteiger partial charge in [0.2, 0.25) is 0 Å². The molecule has 20 heavy (non-hydrogen) atoms. The van der Waals surface area contributed by atoms with Crippen LogP contribution < -0.4 is 10.6 Å². The molecule has 1 unspecified atom stereocenters. The summed E-state index contributed by atoms with van der Waals surface area (Å²) in [7, 11) is 0. The summed E-state index contributed by atoms with van der Waals surface area (Å²) >= 11 is 5.19. The first-order valence-corrected chi connectivity index (χ1v) is 8.39. The number of hydrogen-bond donors (Lipinski definition) is 2. The Morgan fingerprint density at radius 1 is 1.45 bits per heavy atom. The lowest BCUT2D eigenvalue weighted by molar-refractivity contribution is 0.0527. The maximum absolute atomic E-state index is 11.4. The molecule has 1 aromatic heterocycles. The predicted molar refractivity (Wildman–Crippen MR) is 87.3 cm³/mol. The summed E-state index contributed by atoms with van der Waals surface area (Å²) in [6.45, 7) is 9.17. The second kappa shape index (κ2) is 8.00. The Kier molecular flexibility index (Phi) is 6.99. The van der Waals surface area contributed by atoms with Crippen molar-refractivity contribution in [3.63, 3.8) is 0 Å². The molecule has 0 aliphatic rings. The molecule has 0 fully saturated rings. The number of nitrogens with one attached hydrogen (secondary N) is 2. The zero-order valence-corrected chi connectivity index (χ0v) is 14.9. The Bertz CT molecular complexity index is 429. The van der Waals surface area contributed by atoms with Gasteiger partial charge in [-0.1, -0.05) is 0 Å². The summed E-state index contributed by atoms with van der Waals surface area (Å²) in [5.74, 6) is 0. The third kappa shape index (κ3) is 7.26. The number of carbonyl (C=O) groups is 1. The van der Waals surface area contributed by atoms with Crippen LogP contribution in [0.4, 0.5) is 4.79 Å². The summed E-state index contributed by atoms with van der Waals surface area (Å²) in [6.07, 6.45) is 0.517. The summed E-state index contributed by atoms with van der Waals surface area (Å²) in [5, 5.41) is 8.26. The Balaban J connectivity index is 2.12. The molecule has 0 radical (unpaired) electrons. The van der Waals surface area contributed by atoms with Crippen molar-refractivity contribution >= 4 is 33.4 Å². The lowest BCUT2D eigenvalue weighted by Crippen LogP contribution is -2.34. The van der Waals surface area contributed by atoms with Crippen molar-refractivity contribution in [1.29, 1.82) is 0 Å². The standard InChI is InChI=1S/C14H23BrN2O2S/c1-10(12-8-11(15)9-20-12)16-6-5-7-17-13(18)19-14(2,3)4/h8-10,16H,5-7H2,1-4H3,(H,17,18). The number of ether oxygens (including phenoxy) is 1. The normalized spacial score (nSPS) is 13.1. The van der Waals surface area contributed by atoms with Gasteiger partial charge < -0.3 is 15.4 Å². The minimum atomic E-state index is -0.441.